The van der Waals surface area contributed by atoms with Crippen LogP contribution in [0.5, 0.6) is 5.75 Å². The predicted octanol–water partition coefficient (Wildman–Crippen LogP) is 4.23. The van der Waals surface area contributed by atoms with E-state index >= 15 is 0 Å². The molecule has 0 atom stereocenters. The minimum atomic E-state index is 0.0182. The third kappa shape index (κ3) is 5.41. The molecule has 0 aliphatic carbocycles. The van der Waals surface area contributed by atoms with E-state index in [0.29, 0.717) is 19.6 Å². The monoisotopic (exact) mass is 408 g/mol. The van der Waals surface area contributed by atoms with Gasteiger partial charge in [0.25, 0.3) is 11.8 Å². The lowest BCUT2D eigenvalue weighted by Gasteiger charge is -2.38. The number of nitrogens with zero attached hydrogens (tertiary/aromatic N) is 2. The van der Waals surface area contributed by atoms with Gasteiger partial charge < -0.3 is 14.5 Å². The predicted molar refractivity (Wildman–Crippen MR) is 119 cm³/mol. The lowest BCUT2D eigenvalue weighted by atomic mass is 10.0. The summed E-state index contributed by atoms with van der Waals surface area (Å²) in [6.45, 7) is 8.22. The quantitative estimate of drug-likeness (QED) is 0.689. The first-order chi connectivity index (χ1) is 14.5. The fourth-order valence-electron chi connectivity index (χ4n) is 4.08. The van der Waals surface area contributed by atoms with Gasteiger partial charge in [0.15, 0.2) is 6.61 Å². The normalized spacial score (nSPS) is 14.4. The number of aryl methyl sites for hydroxylation is 2. The molecule has 0 N–H and O–H groups in total. The summed E-state index contributed by atoms with van der Waals surface area (Å²) in [5, 5.41) is 0. The van der Waals surface area contributed by atoms with Crippen molar-refractivity contribution >= 4 is 11.8 Å². The van der Waals surface area contributed by atoms with E-state index in [1.807, 2.05) is 66.1 Å². The van der Waals surface area contributed by atoms with Crippen molar-refractivity contribution in [2.75, 3.05) is 26.2 Å². The van der Waals surface area contributed by atoms with E-state index in [2.05, 4.69) is 13.0 Å². The Morgan fingerprint density at radius 1 is 1.07 bits per heavy atom. The van der Waals surface area contributed by atoms with Crippen molar-refractivity contribution in [3.05, 3.63) is 65.2 Å². The summed E-state index contributed by atoms with van der Waals surface area (Å²) < 4.78 is 5.83. The molecule has 1 aliphatic heterocycles. The number of carbonyl (C=O) groups is 2. The van der Waals surface area contributed by atoms with E-state index in [-0.39, 0.29) is 24.5 Å². The molecule has 2 amide bonds. The number of amides is 2. The van der Waals surface area contributed by atoms with E-state index in [1.165, 1.54) is 5.56 Å². The van der Waals surface area contributed by atoms with Gasteiger partial charge in [-0.2, -0.15) is 0 Å². The molecule has 30 heavy (non-hydrogen) atoms. The summed E-state index contributed by atoms with van der Waals surface area (Å²) in [5.41, 5.74) is 2.94. The third-order valence-corrected chi connectivity index (χ3v) is 5.68. The molecule has 0 spiro atoms. The van der Waals surface area contributed by atoms with Gasteiger partial charge in [-0.25, -0.2) is 0 Å². The van der Waals surface area contributed by atoms with E-state index in [0.717, 1.165) is 36.1 Å². The van der Waals surface area contributed by atoms with Crippen LogP contribution < -0.4 is 4.74 Å². The first kappa shape index (κ1) is 21.9. The highest BCUT2D eigenvalue weighted by molar-refractivity contribution is 5.94. The molecule has 1 aliphatic rings. The zero-order chi connectivity index (χ0) is 21.5. The largest absolute Gasteiger partial charge is 0.484 e. The number of carbonyl (C=O) groups excluding carboxylic acids is 2. The zero-order valence-electron chi connectivity index (χ0n) is 18.3. The van der Waals surface area contributed by atoms with E-state index in [4.69, 9.17) is 4.74 Å². The van der Waals surface area contributed by atoms with Crippen molar-refractivity contribution in [3.63, 3.8) is 0 Å². The molecule has 3 rings (SSSR count). The Morgan fingerprint density at radius 2 is 1.77 bits per heavy atom. The number of hydrogen-bond donors (Lipinski definition) is 0. The summed E-state index contributed by atoms with van der Waals surface area (Å²) in [5.74, 6) is 0.846. The number of hydrogen-bond acceptors (Lipinski definition) is 3. The third-order valence-electron chi connectivity index (χ3n) is 5.68. The second-order valence-electron chi connectivity index (χ2n) is 8.03. The molecule has 2 aromatic rings. The molecule has 0 bridgehead atoms. The second kappa shape index (κ2) is 10.3. The van der Waals surface area contributed by atoms with Crippen LogP contribution in [0.25, 0.3) is 0 Å². The first-order valence-electron chi connectivity index (χ1n) is 10.8. The van der Waals surface area contributed by atoms with Crippen LogP contribution in [0, 0.1) is 13.8 Å². The van der Waals surface area contributed by atoms with Crippen LogP contribution in [-0.2, 0) is 4.79 Å². The molecule has 0 aromatic heterocycles. The molecule has 160 valence electrons. The molecular weight excluding hydrogens is 376 g/mol. The molecule has 1 fully saturated rings. The van der Waals surface area contributed by atoms with Gasteiger partial charge in [-0.3, -0.25) is 9.59 Å². The highest BCUT2D eigenvalue weighted by Gasteiger charge is 2.29. The molecular formula is C25H32N2O3. The van der Waals surface area contributed by atoms with Crippen molar-refractivity contribution in [3.8, 4) is 5.75 Å². The number of benzene rings is 2. The van der Waals surface area contributed by atoms with E-state index < -0.39 is 0 Å². The van der Waals surface area contributed by atoms with Gasteiger partial charge in [0.05, 0.1) is 0 Å². The summed E-state index contributed by atoms with van der Waals surface area (Å²) in [7, 11) is 0. The molecule has 0 radical (unpaired) electrons. The van der Waals surface area contributed by atoms with E-state index in [9.17, 15) is 9.59 Å². The molecule has 0 unspecified atom stereocenters. The van der Waals surface area contributed by atoms with Gasteiger partial charge in [0.1, 0.15) is 5.75 Å². The van der Waals surface area contributed by atoms with Crippen molar-refractivity contribution in [1.82, 2.24) is 9.80 Å². The van der Waals surface area contributed by atoms with Crippen molar-refractivity contribution in [2.45, 2.75) is 46.1 Å². The Kier molecular flexibility index (Phi) is 7.50. The molecule has 0 saturated carbocycles. The lowest BCUT2D eigenvalue weighted by Crippen LogP contribution is -2.50. The number of rotatable bonds is 7. The SMILES string of the molecule is CCCN(C(=O)COc1ccc(C)cc1C)C1CCN(C(=O)c2ccccc2)CC1. The Hall–Kier alpha value is -2.82. The highest BCUT2D eigenvalue weighted by Crippen LogP contribution is 2.21. The van der Waals surface area contributed by atoms with Crippen molar-refractivity contribution < 1.29 is 14.3 Å². The summed E-state index contributed by atoms with van der Waals surface area (Å²) in [6, 6.07) is 15.5. The fraction of sp³-hybridized carbons (Fsp3) is 0.440. The van der Waals surface area contributed by atoms with Gasteiger partial charge >= 0.3 is 0 Å². The number of likely N-dealkylation sites (tertiary alicyclic amines) is 1. The van der Waals surface area contributed by atoms with Crippen LogP contribution in [0.15, 0.2) is 48.5 Å². The van der Waals surface area contributed by atoms with Crippen molar-refractivity contribution in [1.29, 1.82) is 0 Å². The number of piperidine rings is 1. The summed E-state index contributed by atoms with van der Waals surface area (Å²) >= 11 is 0. The van der Waals surface area contributed by atoms with Crippen LogP contribution in [-0.4, -0.2) is 53.9 Å². The maximum Gasteiger partial charge on any atom is 0.260 e. The Balaban J connectivity index is 1.57. The van der Waals surface area contributed by atoms with Gasteiger partial charge in [-0.15, -0.1) is 0 Å². The van der Waals surface area contributed by atoms with Gasteiger partial charge in [-0.1, -0.05) is 42.8 Å². The molecule has 5 nitrogen and oxygen atoms in total. The van der Waals surface area contributed by atoms with E-state index in [1.54, 1.807) is 0 Å². The Labute approximate surface area is 179 Å². The molecule has 1 saturated heterocycles. The highest BCUT2D eigenvalue weighted by atomic mass is 16.5. The summed E-state index contributed by atoms with van der Waals surface area (Å²) in [6.07, 6.45) is 2.50. The zero-order valence-corrected chi connectivity index (χ0v) is 18.3. The molecule has 5 heteroatoms. The Bertz CT molecular complexity index is 858. The fourth-order valence-corrected chi connectivity index (χ4v) is 4.08. The number of ether oxygens (including phenoxy) is 1. The maximum absolute atomic E-state index is 12.9. The average Bonchev–Trinajstić information content (AvgIpc) is 2.77. The smallest absolute Gasteiger partial charge is 0.260 e. The van der Waals surface area contributed by atoms with Crippen LogP contribution in [0.4, 0.5) is 0 Å². The van der Waals surface area contributed by atoms with Crippen LogP contribution in [0.1, 0.15) is 47.7 Å². The first-order valence-corrected chi connectivity index (χ1v) is 10.8. The second-order valence-corrected chi connectivity index (χ2v) is 8.03. The van der Waals surface area contributed by atoms with Gasteiger partial charge in [0, 0.05) is 31.2 Å². The maximum atomic E-state index is 12.9. The van der Waals surface area contributed by atoms with Gasteiger partial charge in [-0.05, 0) is 56.9 Å². The van der Waals surface area contributed by atoms with Crippen LogP contribution in [0.2, 0.25) is 0 Å². The Morgan fingerprint density at radius 3 is 2.40 bits per heavy atom. The topological polar surface area (TPSA) is 49.9 Å². The summed E-state index contributed by atoms with van der Waals surface area (Å²) in [4.78, 5) is 29.5. The van der Waals surface area contributed by atoms with Crippen molar-refractivity contribution in [2.24, 2.45) is 0 Å². The van der Waals surface area contributed by atoms with Gasteiger partial charge in [0.2, 0.25) is 0 Å². The van der Waals surface area contributed by atoms with Crippen LogP contribution >= 0.6 is 0 Å². The molecule has 2 aromatic carbocycles. The lowest BCUT2D eigenvalue weighted by molar-refractivity contribution is -0.136. The minimum absolute atomic E-state index is 0.0182. The minimum Gasteiger partial charge on any atom is -0.484 e. The van der Waals surface area contributed by atoms with Crippen LogP contribution in [0.3, 0.4) is 0 Å². The standard InChI is InChI=1S/C25H32N2O3/c1-4-14-27(24(28)18-30-23-11-10-19(2)17-20(23)3)22-12-15-26(16-13-22)25(29)21-8-6-5-7-9-21/h5-11,17,22H,4,12-16,18H2,1-3H3. The average molecular weight is 409 g/mol. The molecule has 1 heterocycles.